The molecule has 2 aromatic carbocycles. The highest BCUT2D eigenvalue weighted by atomic mass is 35.5. The van der Waals surface area contributed by atoms with E-state index >= 15 is 0 Å². The number of hydrogen-bond acceptors (Lipinski definition) is 3. The Morgan fingerprint density at radius 2 is 1.84 bits per heavy atom. The van der Waals surface area contributed by atoms with Crippen molar-refractivity contribution in [3.63, 3.8) is 0 Å². The summed E-state index contributed by atoms with van der Waals surface area (Å²) in [6, 6.07) is 14.5. The zero-order valence-corrected chi connectivity index (χ0v) is 15.7. The molecule has 0 aliphatic rings. The number of anilines is 1. The highest BCUT2D eigenvalue weighted by molar-refractivity contribution is 7.92. The van der Waals surface area contributed by atoms with Crippen molar-refractivity contribution >= 4 is 33.2 Å². The molecule has 1 unspecified atom stereocenters. The van der Waals surface area contributed by atoms with E-state index in [2.05, 4.69) is 22.2 Å². The van der Waals surface area contributed by atoms with Crippen LogP contribution in [-0.2, 0) is 16.4 Å². The van der Waals surface area contributed by atoms with Crippen molar-refractivity contribution in [3.05, 3.63) is 64.7 Å². The van der Waals surface area contributed by atoms with Crippen molar-refractivity contribution in [1.82, 2.24) is 5.32 Å². The summed E-state index contributed by atoms with van der Waals surface area (Å²) in [5, 5.41) is 3.10. The Morgan fingerprint density at radius 1 is 1.16 bits per heavy atom. The zero-order chi connectivity index (χ0) is 18.4. The van der Waals surface area contributed by atoms with E-state index in [0.29, 0.717) is 5.56 Å². The van der Waals surface area contributed by atoms with Gasteiger partial charge in [-0.1, -0.05) is 41.9 Å². The Morgan fingerprint density at radius 3 is 2.44 bits per heavy atom. The molecule has 0 saturated heterocycles. The third-order valence-corrected chi connectivity index (χ3v) is 4.52. The van der Waals surface area contributed by atoms with Crippen LogP contribution >= 0.6 is 11.6 Å². The maximum atomic E-state index is 12.3. The number of hydrogen-bond donors (Lipinski definition) is 2. The van der Waals surface area contributed by atoms with E-state index in [1.54, 1.807) is 6.07 Å². The molecule has 0 fully saturated rings. The lowest BCUT2D eigenvalue weighted by atomic mass is 10.1. The van der Waals surface area contributed by atoms with Gasteiger partial charge in [-0.3, -0.25) is 9.52 Å². The van der Waals surface area contributed by atoms with Crippen LogP contribution in [0.1, 0.15) is 29.3 Å². The second-order valence-corrected chi connectivity index (χ2v) is 8.12. The Balaban J connectivity index is 1.94. The molecule has 1 atom stereocenters. The Hall–Kier alpha value is -2.05. The van der Waals surface area contributed by atoms with Crippen molar-refractivity contribution < 1.29 is 13.2 Å². The van der Waals surface area contributed by atoms with Crippen LogP contribution in [0.25, 0.3) is 0 Å². The predicted octanol–water partition coefficient (Wildman–Crippen LogP) is 3.46. The number of halogens is 1. The summed E-state index contributed by atoms with van der Waals surface area (Å²) in [6.45, 7) is 1.95. The molecule has 1 amide bonds. The number of rotatable bonds is 7. The van der Waals surface area contributed by atoms with Gasteiger partial charge in [0.1, 0.15) is 0 Å². The fourth-order valence-corrected chi connectivity index (χ4v) is 3.21. The summed E-state index contributed by atoms with van der Waals surface area (Å²) in [4.78, 5) is 12.3. The summed E-state index contributed by atoms with van der Waals surface area (Å²) < 4.78 is 24.8. The lowest BCUT2D eigenvalue weighted by molar-refractivity contribution is 0.0938. The minimum Gasteiger partial charge on any atom is -0.350 e. The molecule has 0 spiro atoms. The van der Waals surface area contributed by atoms with Gasteiger partial charge >= 0.3 is 0 Å². The smallest absolute Gasteiger partial charge is 0.251 e. The standard InChI is InChI=1S/C18H21ClN2O3S/c1-13(8-9-14-6-4-3-5-7-14)20-18(22)15-10-11-17(16(19)12-15)21-25(2,23)24/h3-7,10-13,21H,8-9H2,1-2H3,(H,20,22). The Labute approximate surface area is 153 Å². The van der Waals surface area contributed by atoms with Crippen LogP contribution in [0.15, 0.2) is 48.5 Å². The molecule has 7 heteroatoms. The first-order chi connectivity index (χ1) is 11.7. The van der Waals surface area contributed by atoms with Gasteiger partial charge in [0.05, 0.1) is 17.0 Å². The van der Waals surface area contributed by atoms with E-state index in [-0.39, 0.29) is 22.7 Å². The van der Waals surface area contributed by atoms with Crippen molar-refractivity contribution in [3.8, 4) is 0 Å². The van der Waals surface area contributed by atoms with Crippen molar-refractivity contribution in [2.75, 3.05) is 11.0 Å². The number of benzene rings is 2. The van der Waals surface area contributed by atoms with Gasteiger partial charge in [-0.2, -0.15) is 0 Å². The molecule has 0 heterocycles. The Kier molecular flexibility index (Phi) is 6.45. The second kappa shape index (κ2) is 8.36. The van der Waals surface area contributed by atoms with Gasteiger partial charge in [0.25, 0.3) is 5.91 Å². The van der Waals surface area contributed by atoms with Crippen LogP contribution in [0.2, 0.25) is 5.02 Å². The van der Waals surface area contributed by atoms with E-state index < -0.39 is 10.0 Å². The van der Waals surface area contributed by atoms with Crippen molar-refractivity contribution in [2.45, 2.75) is 25.8 Å². The highest BCUT2D eigenvalue weighted by Crippen LogP contribution is 2.24. The third-order valence-electron chi connectivity index (χ3n) is 3.61. The summed E-state index contributed by atoms with van der Waals surface area (Å²) >= 11 is 6.05. The van der Waals surface area contributed by atoms with Gasteiger partial charge < -0.3 is 5.32 Å². The molecule has 2 rings (SSSR count). The van der Waals surface area contributed by atoms with Gasteiger partial charge in [-0.05, 0) is 43.5 Å². The first-order valence-electron chi connectivity index (χ1n) is 7.87. The van der Waals surface area contributed by atoms with Gasteiger partial charge in [-0.15, -0.1) is 0 Å². The van der Waals surface area contributed by atoms with Crippen LogP contribution in [0, 0.1) is 0 Å². The van der Waals surface area contributed by atoms with Gasteiger partial charge in [0, 0.05) is 11.6 Å². The zero-order valence-electron chi connectivity index (χ0n) is 14.1. The largest absolute Gasteiger partial charge is 0.350 e. The SMILES string of the molecule is CC(CCc1ccccc1)NC(=O)c1ccc(NS(C)(=O)=O)c(Cl)c1. The first-order valence-corrected chi connectivity index (χ1v) is 10.1. The molecule has 25 heavy (non-hydrogen) atoms. The van der Waals surface area contributed by atoms with Crippen LogP contribution in [0.5, 0.6) is 0 Å². The average Bonchev–Trinajstić information content (AvgIpc) is 2.54. The predicted molar refractivity (Wildman–Crippen MR) is 102 cm³/mol. The van der Waals surface area contributed by atoms with E-state index in [9.17, 15) is 13.2 Å². The van der Waals surface area contributed by atoms with Gasteiger partial charge in [0.15, 0.2) is 0 Å². The minimum absolute atomic E-state index is 0.000280. The molecule has 2 N–H and O–H groups in total. The fourth-order valence-electron chi connectivity index (χ4n) is 2.35. The lowest BCUT2D eigenvalue weighted by Crippen LogP contribution is -2.32. The van der Waals surface area contributed by atoms with E-state index in [1.807, 2.05) is 25.1 Å². The fraction of sp³-hybridized carbons (Fsp3) is 0.278. The van der Waals surface area contributed by atoms with Crippen molar-refractivity contribution in [2.24, 2.45) is 0 Å². The molecule has 0 bridgehead atoms. The molecular weight excluding hydrogens is 360 g/mol. The number of carbonyl (C=O) groups excluding carboxylic acids is 1. The molecule has 0 radical (unpaired) electrons. The molecule has 0 aliphatic heterocycles. The maximum Gasteiger partial charge on any atom is 0.251 e. The van der Waals surface area contributed by atoms with Crippen LogP contribution in [0.4, 0.5) is 5.69 Å². The second-order valence-electron chi connectivity index (χ2n) is 5.97. The van der Waals surface area contributed by atoms with E-state index in [1.165, 1.54) is 17.7 Å². The topological polar surface area (TPSA) is 75.3 Å². The maximum absolute atomic E-state index is 12.3. The van der Waals surface area contributed by atoms with Crippen LogP contribution < -0.4 is 10.0 Å². The number of carbonyl (C=O) groups is 1. The molecule has 134 valence electrons. The number of aryl methyl sites for hydroxylation is 1. The Bertz CT molecular complexity index is 839. The highest BCUT2D eigenvalue weighted by Gasteiger charge is 2.13. The van der Waals surface area contributed by atoms with Gasteiger partial charge in [0.2, 0.25) is 10.0 Å². The first kappa shape index (κ1) is 19.3. The molecule has 0 aliphatic carbocycles. The summed E-state index contributed by atoms with van der Waals surface area (Å²) in [5.74, 6) is -0.242. The van der Waals surface area contributed by atoms with Crippen LogP contribution in [0.3, 0.4) is 0 Å². The molecule has 2 aromatic rings. The monoisotopic (exact) mass is 380 g/mol. The van der Waals surface area contributed by atoms with E-state index in [4.69, 9.17) is 11.6 Å². The normalized spacial score (nSPS) is 12.4. The van der Waals surface area contributed by atoms with E-state index in [0.717, 1.165) is 19.1 Å². The molecular formula is C18H21ClN2O3S. The summed E-state index contributed by atoms with van der Waals surface area (Å²) in [6.07, 6.45) is 2.73. The summed E-state index contributed by atoms with van der Waals surface area (Å²) in [7, 11) is -3.42. The van der Waals surface area contributed by atoms with Gasteiger partial charge in [-0.25, -0.2) is 8.42 Å². The average molecular weight is 381 g/mol. The molecule has 5 nitrogen and oxygen atoms in total. The van der Waals surface area contributed by atoms with Crippen molar-refractivity contribution in [1.29, 1.82) is 0 Å². The lowest BCUT2D eigenvalue weighted by Gasteiger charge is -2.15. The number of sulfonamides is 1. The number of amides is 1. The molecule has 0 aromatic heterocycles. The van der Waals surface area contributed by atoms with Crippen LogP contribution in [-0.4, -0.2) is 26.6 Å². The summed E-state index contributed by atoms with van der Waals surface area (Å²) in [5.41, 5.74) is 1.86. The third kappa shape index (κ3) is 6.40. The quantitative estimate of drug-likeness (QED) is 0.772. The number of nitrogens with one attached hydrogen (secondary N) is 2. The minimum atomic E-state index is -3.42. The molecule has 0 saturated carbocycles.